The smallest absolute Gasteiger partial charge is 0.253 e. The van der Waals surface area contributed by atoms with Crippen LogP contribution in [0.3, 0.4) is 0 Å². The van der Waals surface area contributed by atoms with E-state index in [1.54, 1.807) is 6.20 Å². The number of hydrogen-bond donors (Lipinski definition) is 3. The second kappa shape index (κ2) is 11.3. The highest BCUT2D eigenvalue weighted by Crippen LogP contribution is 2.33. The molecule has 1 unspecified atom stereocenters. The predicted octanol–water partition coefficient (Wildman–Crippen LogP) is 4.18. The summed E-state index contributed by atoms with van der Waals surface area (Å²) < 4.78 is 5.58. The van der Waals surface area contributed by atoms with Gasteiger partial charge in [-0.25, -0.2) is 4.98 Å². The first-order chi connectivity index (χ1) is 16.9. The monoisotopic (exact) mass is 478 g/mol. The number of hydrogen-bond acceptors (Lipinski definition) is 5. The zero-order chi connectivity index (χ0) is 24.9. The number of fused-ring (bicyclic) bond motifs is 1. The topological polar surface area (TPSA) is 90.5 Å². The number of nitrogens with zero attached hydrogens (tertiary/aromatic N) is 2. The molecule has 1 saturated heterocycles. The summed E-state index contributed by atoms with van der Waals surface area (Å²) in [7, 11) is 4.19. The van der Waals surface area contributed by atoms with Crippen LogP contribution in [0.4, 0.5) is 0 Å². The Labute approximate surface area is 207 Å². The van der Waals surface area contributed by atoms with E-state index in [0.29, 0.717) is 23.7 Å². The first kappa shape index (κ1) is 25.4. The van der Waals surface area contributed by atoms with Crippen molar-refractivity contribution >= 4 is 16.9 Å². The summed E-state index contributed by atoms with van der Waals surface area (Å²) in [5.74, 6) is 0.693. The van der Waals surface area contributed by atoms with Crippen LogP contribution in [0.1, 0.15) is 54.1 Å². The summed E-state index contributed by atoms with van der Waals surface area (Å²) in [5, 5.41) is 13.4. The summed E-state index contributed by atoms with van der Waals surface area (Å²) in [5.41, 5.74) is 6.08. The molecule has 1 atom stereocenters. The summed E-state index contributed by atoms with van der Waals surface area (Å²) in [6.45, 7) is 7.10. The summed E-state index contributed by atoms with van der Waals surface area (Å²) in [6.07, 6.45) is 5.70. The Morgan fingerprint density at radius 2 is 2.00 bits per heavy atom. The van der Waals surface area contributed by atoms with E-state index in [1.165, 1.54) is 11.1 Å². The molecule has 1 amide bonds. The fourth-order valence-corrected chi connectivity index (χ4v) is 4.85. The fourth-order valence-electron chi connectivity index (χ4n) is 4.85. The molecule has 35 heavy (non-hydrogen) atoms. The van der Waals surface area contributed by atoms with E-state index in [-0.39, 0.29) is 24.3 Å². The summed E-state index contributed by atoms with van der Waals surface area (Å²) in [6, 6.07) is 8.75. The average Bonchev–Trinajstić information content (AvgIpc) is 3.27. The maximum Gasteiger partial charge on any atom is 0.253 e. The minimum atomic E-state index is -0.155. The van der Waals surface area contributed by atoms with Crippen LogP contribution < -0.4 is 5.32 Å². The van der Waals surface area contributed by atoms with Crippen LogP contribution in [0, 0.1) is 11.8 Å². The number of pyridine rings is 1. The minimum absolute atomic E-state index is 0.0298. The van der Waals surface area contributed by atoms with Gasteiger partial charge >= 0.3 is 0 Å². The van der Waals surface area contributed by atoms with Crippen molar-refractivity contribution in [2.24, 2.45) is 11.8 Å². The van der Waals surface area contributed by atoms with Gasteiger partial charge in [-0.05, 0) is 67.6 Å². The normalized spacial score (nSPS) is 15.7. The maximum atomic E-state index is 12.9. The molecule has 3 N–H and O–H groups in total. The molecule has 0 aliphatic carbocycles. The van der Waals surface area contributed by atoms with Crippen LogP contribution in [-0.2, 0) is 11.3 Å². The average molecular weight is 479 g/mol. The molecule has 1 fully saturated rings. The molecule has 0 spiro atoms. The van der Waals surface area contributed by atoms with Gasteiger partial charge in [0, 0.05) is 62.2 Å². The van der Waals surface area contributed by atoms with E-state index in [0.717, 1.165) is 49.1 Å². The van der Waals surface area contributed by atoms with Gasteiger partial charge in [0.25, 0.3) is 5.91 Å². The van der Waals surface area contributed by atoms with Crippen LogP contribution >= 0.6 is 0 Å². The third-order valence-electron chi connectivity index (χ3n) is 7.10. The van der Waals surface area contributed by atoms with Gasteiger partial charge in [0.15, 0.2) is 0 Å². The SMILES string of the molecule is CC(C)C(CO)CNC(=O)c1c[nH]c2ncc(-c3ccc(C4CCOCC4)c(CN(C)C)c3)cc12. The molecule has 1 aliphatic rings. The summed E-state index contributed by atoms with van der Waals surface area (Å²) in [4.78, 5) is 22.9. The molecule has 7 nitrogen and oxygen atoms in total. The van der Waals surface area contributed by atoms with Crippen molar-refractivity contribution in [1.29, 1.82) is 0 Å². The molecule has 7 heteroatoms. The van der Waals surface area contributed by atoms with Gasteiger partial charge in [0.2, 0.25) is 0 Å². The highest BCUT2D eigenvalue weighted by Gasteiger charge is 2.21. The van der Waals surface area contributed by atoms with Crippen LogP contribution in [0.2, 0.25) is 0 Å². The molecule has 3 aromatic rings. The Morgan fingerprint density at radius 1 is 1.23 bits per heavy atom. The number of benzene rings is 1. The maximum absolute atomic E-state index is 12.9. The lowest BCUT2D eigenvalue weighted by molar-refractivity contribution is 0.0850. The van der Waals surface area contributed by atoms with Crippen molar-refractivity contribution in [2.75, 3.05) is 40.5 Å². The van der Waals surface area contributed by atoms with Crippen molar-refractivity contribution in [3.63, 3.8) is 0 Å². The molecule has 1 aromatic carbocycles. The standard InChI is InChI=1S/C28H38N4O3/c1-18(2)23(17-33)14-31-28(34)26-15-30-27-25(26)12-21(13-29-27)20-5-6-24(19-7-9-35-10-8-19)22(11-20)16-32(3)4/h5-6,11-13,15,18-19,23,33H,7-10,14,16-17H2,1-4H3,(H,29,30)(H,31,34). The molecule has 0 radical (unpaired) electrons. The molecule has 2 aromatic heterocycles. The van der Waals surface area contributed by atoms with Crippen molar-refractivity contribution < 1.29 is 14.6 Å². The number of aromatic nitrogens is 2. The molecular formula is C28H38N4O3. The number of amides is 1. The predicted molar refractivity (Wildman–Crippen MR) is 139 cm³/mol. The van der Waals surface area contributed by atoms with E-state index in [4.69, 9.17) is 4.74 Å². The van der Waals surface area contributed by atoms with Crippen molar-refractivity contribution in [2.45, 2.75) is 39.2 Å². The number of H-pyrrole nitrogens is 1. The zero-order valence-corrected chi connectivity index (χ0v) is 21.3. The minimum Gasteiger partial charge on any atom is -0.396 e. The number of rotatable bonds is 9. The molecule has 4 rings (SSSR count). The van der Waals surface area contributed by atoms with Crippen LogP contribution in [0.5, 0.6) is 0 Å². The van der Waals surface area contributed by atoms with Crippen molar-refractivity contribution in [3.05, 3.63) is 53.3 Å². The lowest BCUT2D eigenvalue weighted by Gasteiger charge is -2.26. The van der Waals surface area contributed by atoms with Gasteiger partial charge in [0.1, 0.15) is 5.65 Å². The van der Waals surface area contributed by atoms with E-state index in [1.807, 2.05) is 26.1 Å². The number of carbonyl (C=O) groups is 1. The van der Waals surface area contributed by atoms with Gasteiger partial charge in [-0.1, -0.05) is 26.0 Å². The molecule has 0 bridgehead atoms. The Bertz CT molecular complexity index is 1150. The Kier molecular flexibility index (Phi) is 8.21. The van der Waals surface area contributed by atoms with Gasteiger partial charge in [-0.15, -0.1) is 0 Å². The second-order valence-electron chi connectivity index (χ2n) is 10.3. The van der Waals surface area contributed by atoms with Gasteiger partial charge in [-0.2, -0.15) is 0 Å². The first-order valence-electron chi connectivity index (χ1n) is 12.6. The third-order valence-corrected chi connectivity index (χ3v) is 7.10. The second-order valence-corrected chi connectivity index (χ2v) is 10.3. The van der Waals surface area contributed by atoms with Gasteiger partial charge in [-0.3, -0.25) is 4.79 Å². The van der Waals surface area contributed by atoms with Crippen LogP contribution in [-0.4, -0.2) is 66.3 Å². The van der Waals surface area contributed by atoms with Gasteiger partial charge in [0.05, 0.1) is 5.56 Å². The van der Waals surface area contributed by atoms with Crippen LogP contribution in [0.25, 0.3) is 22.2 Å². The quantitative estimate of drug-likeness (QED) is 0.429. The number of ether oxygens (including phenoxy) is 1. The number of aliphatic hydroxyl groups excluding tert-OH is 1. The third kappa shape index (κ3) is 5.92. The lowest BCUT2D eigenvalue weighted by atomic mass is 9.86. The largest absolute Gasteiger partial charge is 0.396 e. The lowest BCUT2D eigenvalue weighted by Crippen LogP contribution is -2.33. The first-order valence-corrected chi connectivity index (χ1v) is 12.6. The number of aliphatic hydroxyl groups is 1. The van der Waals surface area contributed by atoms with E-state index >= 15 is 0 Å². The molecule has 188 valence electrons. The van der Waals surface area contributed by atoms with Crippen molar-refractivity contribution in [3.8, 4) is 11.1 Å². The molecule has 1 aliphatic heterocycles. The highest BCUT2D eigenvalue weighted by atomic mass is 16.5. The molecule has 3 heterocycles. The zero-order valence-electron chi connectivity index (χ0n) is 21.3. The number of aromatic amines is 1. The van der Waals surface area contributed by atoms with Crippen molar-refractivity contribution in [1.82, 2.24) is 20.2 Å². The Hall–Kier alpha value is -2.74. The number of nitrogens with one attached hydrogen (secondary N) is 2. The molecule has 0 saturated carbocycles. The van der Waals surface area contributed by atoms with E-state index in [2.05, 4.69) is 52.5 Å². The van der Waals surface area contributed by atoms with Crippen LogP contribution in [0.15, 0.2) is 36.7 Å². The molecular weight excluding hydrogens is 440 g/mol. The van der Waals surface area contributed by atoms with E-state index < -0.39 is 0 Å². The number of carbonyl (C=O) groups excluding carboxylic acids is 1. The summed E-state index contributed by atoms with van der Waals surface area (Å²) >= 11 is 0. The Morgan fingerprint density at radius 3 is 2.69 bits per heavy atom. The van der Waals surface area contributed by atoms with E-state index in [9.17, 15) is 9.90 Å². The fraction of sp³-hybridized carbons (Fsp3) is 0.500. The highest BCUT2D eigenvalue weighted by molar-refractivity contribution is 6.06. The van der Waals surface area contributed by atoms with Gasteiger partial charge < -0.3 is 25.0 Å². The Balaban J connectivity index is 1.62.